The first kappa shape index (κ1) is 19.3. The molecule has 1 amide bonds. The molecule has 3 aromatic rings. The molecule has 1 aromatic heterocycles. The molecule has 0 spiro atoms. The van der Waals surface area contributed by atoms with E-state index in [9.17, 15) is 10.1 Å². The van der Waals surface area contributed by atoms with Crippen molar-refractivity contribution in [2.24, 2.45) is 0 Å². The van der Waals surface area contributed by atoms with Crippen LogP contribution in [0.1, 0.15) is 31.9 Å². The number of aromatic nitrogens is 1. The monoisotopic (exact) mass is 377 g/mol. The highest BCUT2D eigenvalue weighted by atomic mass is 16.5. The van der Waals surface area contributed by atoms with E-state index in [4.69, 9.17) is 9.47 Å². The highest BCUT2D eigenvalue weighted by molar-refractivity contribution is 5.99. The molecule has 0 saturated carbocycles. The van der Waals surface area contributed by atoms with Crippen molar-refractivity contribution in [2.45, 2.75) is 27.2 Å². The number of nitrogens with zero attached hydrogens (tertiary/aromatic N) is 1. The van der Waals surface area contributed by atoms with Gasteiger partial charge in [0, 0.05) is 16.6 Å². The van der Waals surface area contributed by atoms with Crippen LogP contribution >= 0.6 is 0 Å². The zero-order chi connectivity index (χ0) is 20.1. The number of hydrogen-bond donors (Lipinski definition) is 2. The number of nitriles is 1. The van der Waals surface area contributed by atoms with Crippen LogP contribution in [0.5, 0.6) is 5.75 Å². The fraction of sp³-hybridized carbons (Fsp3) is 0.273. The van der Waals surface area contributed by atoms with Gasteiger partial charge in [0.15, 0.2) is 0 Å². The lowest BCUT2D eigenvalue weighted by atomic mass is 10.0. The summed E-state index contributed by atoms with van der Waals surface area (Å²) in [6.45, 7) is 6.62. The Morgan fingerprint density at radius 1 is 1.14 bits per heavy atom. The Morgan fingerprint density at radius 3 is 2.50 bits per heavy atom. The number of benzene rings is 2. The van der Waals surface area contributed by atoms with Crippen LogP contribution in [0.15, 0.2) is 36.4 Å². The number of rotatable bonds is 6. The summed E-state index contributed by atoms with van der Waals surface area (Å²) in [6, 6.07) is 13.7. The highest BCUT2D eigenvalue weighted by Crippen LogP contribution is 2.35. The van der Waals surface area contributed by atoms with Crippen molar-refractivity contribution in [3.8, 4) is 23.1 Å². The number of carbonyl (C=O) groups is 1. The molecule has 0 aliphatic rings. The first-order valence-electron chi connectivity index (χ1n) is 9.36. The van der Waals surface area contributed by atoms with Crippen molar-refractivity contribution in [3.63, 3.8) is 0 Å². The number of hydrogen-bond acceptors (Lipinski definition) is 4. The van der Waals surface area contributed by atoms with Crippen LogP contribution in [-0.2, 0) is 11.2 Å². The maximum absolute atomic E-state index is 11.8. The third-order valence-electron chi connectivity index (χ3n) is 4.45. The molecule has 6 heteroatoms. The van der Waals surface area contributed by atoms with Crippen molar-refractivity contribution in [1.82, 2.24) is 4.98 Å². The lowest BCUT2D eigenvalue weighted by molar-refractivity contribution is 0.168. The van der Waals surface area contributed by atoms with Crippen LogP contribution in [-0.4, -0.2) is 24.3 Å². The normalized spacial score (nSPS) is 10.5. The molecule has 6 nitrogen and oxygen atoms in total. The summed E-state index contributed by atoms with van der Waals surface area (Å²) < 4.78 is 10.5. The number of anilines is 1. The average Bonchev–Trinajstić information content (AvgIpc) is 3.07. The number of nitrogens with one attached hydrogen (secondary N) is 2. The van der Waals surface area contributed by atoms with Crippen molar-refractivity contribution in [3.05, 3.63) is 47.5 Å². The Bertz CT molecular complexity index is 1030. The van der Waals surface area contributed by atoms with Gasteiger partial charge in [-0.15, -0.1) is 0 Å². The van der Waals surface area contributed by atoms with Gasteiger partial charge in [0.2, 0.25) is 0 Å². The molecule has 0 atom stereocenters. The van der Waals surface area contributed by atoms with E-state index in [1.807, 2.05) is 50.2 Å². The molecule has 0 unspecified atom stereocenters. The molecule has 0 radical (unpaired) electrons. The van der Waals surface area contributed by atoms with E-state index in [1.54, 1.807) is 6.92 Å². The number of amides is 1. The standard InChI is InChI=1S/C22H23N3O3/c1-4-14-11-16(24-22(26)28-6-3)12-19-20(14)18(13-23)21(25-19)15-7-9-17(10-8-15)27-5-2/h7-12,25H,4-6H2,1-3H3,(H,24,26). The van der Waals surface area contributed by atoms with Crippen molar-refractivity contribution in [2.75, 3.05) is 18.5 Å². The van der Waals surface area contributed by atoms with Gasteiger partial charge in [-0.3, -0.25) is 5.32 Å². The second kappa shape index (κ2) is 8.49. The molecule has 0 saturated heterocycles. The SMILES string of the molecule is CCOC(=O)Nc1cc(CC)c2c(C#N)c(-c3ccc(OCC)cc3)[nH]c2c1. The van der Waals surface area contributed by atoms with Crippen LogP contribution in [0.2, 0.25) is 0 Å². The van der Waals surface area contributed by atoms with E-state index in [-0.39, 0.29) is 0 Å². The maximum atomic E-state index is 11.8. The molecule has 2 aromatic carbocycles. The first-order valence-corrected chi connectivity index (χ1v) is 9.36. The predicted molar refractivity (Wildman–Crippen MR) is 110 cm³/mol. The number of H-pyrrole nitrogens is 1. The van der Waals surface area contributed by atoms with Gasteiger partial charge in [-0.25, -0.2) is 4.79 Å². The van der Waals surface area contributed by atoms with Crippen molar-refractivity contribution >= 4 is 22.7 Å². The molecular formula is C22H23N3O3. The zero-order valence-electron chi connectivity index (χ0n) is 16.3. The third kappa shape index (κ3) is 3.79. The lowest BCUT2D eigenvalue weighted by Crippen LogP contribution is -2.13. The molecule has 0 aliphatic heterocycles. The minimum Gasteiger partial charge on any atom is -0.494 e. The Balaban J connectivity index is 2.09. The van der Waals surface area contributed by atoms with Gasteiger partial charge in [-0.1, -0.05) is 6.92 Å². The summed E-state index contributed by atoms with van der Waals surface area (Å²) in [6.07, 6.45) is 0.229. The van der Waals surface area contributed by atoms with Crippen molar-refractivity contribution in [1.29, 1.82) is 5.26 Å². The van der Waals surface area contributed by atoms with E-state index < -0.39 is 6.09 Å². The summed E-state index contributed by atoms with van der Waals surface area (Å²) in [4.78, 5) is 15.1. The maximum Gasteiger partial charge on any atom is 0.411 e. The largest absolute Gasteiger partial charge is 0.494 e. The van der Waals surface area contributed by atoms with E-state index in [0.717, 1.165) is 39.9 Å². The van der Waals surface area contributed by atoms with E-state index in [2.05, 4.69) is 16.4 Å². The van der Waals surface area contributed by atoms with E-state index >= 15 is 0 Å². The van der Waals surface area contributed by atoms with Crippen LogP contribution < -0.4 is 10.1 Å². The topological polar surface area (TPSA) is 87.1 Å². The van der Waals surface area contributed by atoms with Gasteiger partial charge in [0.25, 0.3) is 0 Å². The fourth-order valence-electron chi connectivity index (χ4n) is 3.27. The molecule has 0 aliphatic carbocycles. The minimum absolute atomic E-state index is 0.303. The van der Waals surface area contributed by atoms with Crippen LogP contribution in [0.25, 0.3) is 22.2 Å². The van der Waals surface area contributed by atoms with Gasteiger partial charge in [0.05, 0.1) is 24.5 Å². The summed E-state index contributed by atoms with van der Waals surface area (Å²) in [5.41, 5.74) is 4.66. The Kier molecular flexibility index (Phi) is 5.85. The van der Waals surface area contributed by atoms with Crippen LogP contribution in [0, 0.1) is 11.3 Å². The van der Waals surface area contributed by atoms with Gasteiger partial charge < -0.3 is 14.5 Å². The molecular weight excluding hydrogens is 354 g/mol. The van der Waals surface area contributed by atoms with Gasteiger partial charge in [-0.2, -0.15) is 5.26 Å². The summed E-state index contributed by atoms with van der Waals surface area (Å²) in [5.74, 6) is 0.788. The van der Waals surface area contributed by atoms with Crippen LogP contribution in [0.3, 0.4) is 0 Å². The highest BCUT2D eigenvalue weighted by Gasteiger charge is 2.17. The van der Waals surface area contributed by atoms with E-state index in [1.165, 1.54) is 0 Å². The molecule has 3 rings (SSSR count). The molecule has 2 N–H and O–H groups in total. The smallest absolute Gasteiger partial charge is 0.411 e. The molecule has 144 valence electrons. The Hall–Kier alpha value is -3.46. The number of fused-ring (bicyclic) bond motifs is 1. The number of aryl methyl sites for hydroxylation is 1. The minimum atomic E-state index is -0.497. The average molecular weight is 377 g/mol. The second-order valence-corrected chi connectivity index (χ2v) is 6.20. The van der Waals surface area contributed by atoms with Gasteiger partial charge in [-0.05, 0) is 67.8 Å². The van der Waals surface area contributed by atoms with Gasteiger partial charge in [0.1, 0.15) is 11.8 Å². The first-order chi connectivity index (χ1) is 13.6. The third-order valence-corrected chi connectivity index (χ3v) is 4.45. The lowest BCUT2D eigenvalue weighted by Gasteiger charge is -2.08. The predicted octanol–water partition coefficient (Wildman–Crippen LogP) is 5.24. The molecule has 0 bridgehead atoms. The molecule has 28 heavy (non-hydrogen) atoms. The second-order valence-electron chi connectivity index (χ2n) is 6.20. The summed E-state index contributed by atoms with van der Waals surface area (Å²) in [7, 11) is 0. The van der Waals surface area contributed by atoms with Crippen molar-refractivity contribution < 1.29 is 14.3 Å². The molecule has 0 fully saturated rings. The summed E-state index contributed by atoms with van der Waals surface area (Å²) >= 11 is 0. The quantitative estimate of drug-likeness (QED) is 0.615. The van der Waals surface area contributed by atoms with Gasteiger partial charge >= 0.3 is 6.09 Å². The fourth-order valence-corrected chi connectivity index (χ4v) is 3.27. The Morgan fingerprint density at radius 2 is 1.89 bits per heavy atom. The zero-order valence-corrected chi connectivity index (χ0v) is 16.3. The van der Waals surface area contributed by atoms with Crippen LogP contribution in [0.4, 0.5) is 10.5 Å². The number of ether oxygens (including phenoxy) is 2. The number of carbonyl (C=O) groups excluding carboxylic acids is 1. The Labute approximate surface area is 164 Å². The molecule has 1 heterocycles. The number of aromatic amines is 1. The van der Waals surface area contributed by atoms with E-state index in [0.29, 0.717) is 24.5 Å². The summed E-state index contributed by atoms with van der Waals surface area (Å²) in [5, 5.41) is 13.4.